The van der Waals surface area contributed by atoms with Crippen molar-refractivity contribution in [2.24, 2.45) is 0 Å². The van der Waals surface area contributed by atoms with Crippen LogP contribution in [0.4, 0.5) is 0 Å². The number of aryl methyl sites for hydroxylation is 1. The molecule has 0 aliphatic carbocycles. The van der Waals surface area contributed by atoms with Gasteiger partial charge in [0, 0.05) is 5.56 Å². The van der Waals surface area contributed by atoms with Gasteiger partial charge in [-0.15, -0.1) is 0 Å². The molecule has 0 aromatic heterocycles. The number of rotatable bonds is 1. The molecule has 0 spiro atoms. The molecular weight excluding hydrogens is 176 g/mol. The fourth-order valence-electron chi connectivity index (χ4n) is 1.10. The zero-order valence-electron chi connectivity index (χ0n) is 8.29. The van der Waals surface area contributed by atoms with Gasteiger partial charge in [-0.1, -0.05) is 24.0 Å². The van der Waals surface area contributed by atoms with Crippen LogP contribution in [-0.2, 0) is 4.79 Å². The van der Waals surface area contributed by atoms with Crippen molar-refractivity contribution >= 4 is 5.97 Å². The van der Waals surface area contributed by atoms with Crippen LogP contribution in [0.3, 0.4) is 0 Å². The summed E-state index contributed by atoms with van der Waals surface area (Å²) in [4.78, 5) is 10.2. The van der Waals surface area contributed by atoms with Crippen molar-refractivity contribution < 1.29 is 9.90 Å². The van der Waals surface area contributed by atoms with Crippen LogP contribution in [0.1, 0.15) is 23.1 Å². The Bertz CT molecular complexity index is 408. The Balaban J connectivity index is 2.90. The number of carboxylic acids is 1. The van der Waals surface area contributed by atoms with Crippen LogP contribution >= 0.6 is 0 Å². The molecule has 0 unspecified atom stereocenters. The third-order valence-electron chi connectivity index (χ3n) is 2.07. The molecule has 0 amide bonds. The maximum absolute atomic E-state index is 10.2. The second-order valence-electron chi connectivity index (χ2n) is 3.12. The van der Waals surface area contributed by atoms with Crippen molar-refractivity contribution in [3.05, 3.63) is 34.9 Å². The van der Waals surface area contributed by atoms with Gasteiger partial charge in [0.2, 0.25) is 0 Å². The standard InChI is InChI=1S/C12H12O2/c1-9-5-3-6-11(10(9)2)7-4-8-12(13)14/h3,5-6H,8H2,1-2H3,(H,13,14). The summed E-state index contributed by atoms with van der Waals surface area (Å²) in [5.74, 6) is 4.59. The molecule has 2 nitrogen and oxygen atoms in total. The van der Waals surface area contributed by atoms with Crippen LogP contribution in [0, 0.1) is 25.7 Å². The topological polar surface area (TPSA) is 37.3 Å². The molecule has 0 aliphatic heterocycles. The molecule has 0 bridgehead atoms. The lowest BCUT2D eigenvalue weighted by Crippen LogP contribution is -1.91. The van der Waals surface area contributed by atoms with E-state index in [4.69, 9.17) is 5.11 Å². The average molecular weight is 188 g/mol. The Morgan fingerprint density at radius 2 is 2.14 bits per heavy atom. The zero-order valence-corrected chi connectivity index (χ0v) is 8.29. The van der Waals surface area contributed by atoms with Gasteiger partial charge in [0.05, 0.1) is 0 Å². The Labute approximate surface area is 83.6 Å². The molecule has 0 atom stereocenters. The van der Waals surface area contributed by atoms with Gasteiger partial charge in [-0.25, -0.2) is 0 Å². The quantitative estimate of drug-likeness (QED) is 0.685. The predicted octanol–water partition coefficient (Wildman–Crippen LogP) is 2.13. The Morgan fingerprint density at radius 1 is 1.43 bits per heavy atom. The van der Waals surface area contributed by atoms with Gasteiger partial charge in [-0.2, -0.15) is 0 Å². The van der Waals surface area contributed by atoms with Crippen LogP contribution in [0.25, 0.3) is 0 Å². The van der Waals surface area contributed by atoms with E-state index in [0.29, 0.717) is 0 Å². The molecule has 14 heavy (non-hydrogen) atoms. The van der Waals surface area contributed by atoms with Gasteiger partial charge in [-0.3, -0.25) is 4.79 Å². The molecule has 0 aliphatic rings. The van der Waals surface area contributed by atoms with Crippen molar-refractivity contribution in [3.8, 4) is 11.8 Å². The predicted molar refractivity (Wildman–Crippen MR) is 55.0 cm³/mol. The van der Waals surface area contributed by atoms with Gasteiger partial charge >= 0.3 is 5.97 Å². The van der Waals surface area contributed by atoms with Crippen LogP contribution in [-0.4, -0.2) is 11.1 Å². The first kappa shape index (κ1) is 10.3. The van der Waals surface area contributed by atoms with E-state index in [1.54, 1.807) is 0 Å². The summed E-state index contributed by atoms with van der Waals surface area (Å²) in [5.41, 5.74) is 3.20. The highest BCUT2D eigenvalue weighted by Crippen LogP contribution is 2.10. The monoisotopic (exact) mass is 188 g/mol. The van der Waals surface area contributed by atoms with Crippen LogP contribution < -0.4 is 0 Å². The first-order valence-electron chi connectivity index (χ1n) is 4.38. The molecule has 0 saturated carbocycles. The number of carboxylic acid groups (broad SMARTS) is 1. The van der Waals surface area contributed by atoms with Crippen LogP contribution in [0.15, 0.2) is 18.2 Å². The van der Waals surface area contributed by atoms with Gasteiger partial charge in [-0.05, 0) is 31.0 Å². The summed E-state index contributed by atoms with van der Waals surface area (Å²) >= 11 is 0. The summed E-state index contributed by atoms with van der Waals surface area (Å²) in [6, 6.07) is 5.84. The van der Waals surface area contributed by atoms with E-state index in [0.717, 1.165) is 11.1 Å². The summed E-state index contributed by atoms with van der Waals surface area (Å²) in [6.45, 7) is 4.00. The number of hydrogen-bond donors (Lipinski definition) is 1. The van der Waals surface area contributed by atoms with Crippen molar-refractivity contribution in [2.75, 3.05) is 0 Å². The highest BCUT2D eigenvalue weighted by Gasteiger charge is 1.96. The van der Waals surface area contributed by atoms with Gasteiger partial charge < -0.3 is 5.11 Å². The number of benzene rings is 1. The first-order valence-corrected chi connectivity index (χ1v) is 4.38. The zero-order chi connectivity index (χ0) is 10.6. The van der Waals surface area contributed by atoms with E-state index in [1.165, 1.54) is 5.56 Å². The SMILES string of the molecule is Cc1cccc(C#CCC(=O)O)c1C. The number of carbonyl (C=O) groups is 1. The van der Waals surface area contributed by atoms with Gasteiger partial charge in [0.1, 0.15) is 6.42 Å². The molecule has 0 radical (unpaired) electrons. The molecule has 0 fully saturated rings. The summed E-state index contributed by atoms with van der Waals surface area (Å²) in [5, 5.41) is 8.41. The molecule has 72 valence electrons. The number of aliphatic carboxylic acids is 1. The molecule has 0 heterocycles. The van der Waals surface area contributed by atoms with E-state index in [2.05, 4.69) is 11.8 Å². The smallest absolute Gasteiger partial charge is 0.315 e. The van der Waals surface area contributed by atoms with E-state index in [-0.39, 0.29) is 6.42 Å². The molecular formula is C12H12O2. The highest BCUT2D eigenvalue weighted by molar-refractivity contribution is 5.70. The first-order chi connectivity index (χ1) is 6.61. The van der Waals surface area contributed by atoms with Crippen molar-refractivity contribution in [1.29, 1.82) is 0 Å². The number of hydrogen-bond acceptors (Lipinski definition) is 1. The van der Waals surface area contributed by atoms with Crippen LogP contribution in [0.5, 0.6) is 0 Å². The average Bonchev–Trinajstić information content (AvgIpc) is 2.12. The fourth-order valence-corrected chi connectivity index (χ4v) is 1.10. The van der Waals surface area contributed by atoms with Crippen molar-refractivity contribution in [3.63, 3.8) is 0 Å². The normalized spacial score (nSPS) is 9.00. The van der Waals surface area contributed by atoms with E-state index in [1.807, 2.05) is 32.0 Å². The van der Waals surface area contributed by atoms with Gasteiger partial charge in [0.15, 0.2) is 0 Å². The maximum Gasteiger partial charge on any atom is 0.315 e. The van der Waals surface area contributed by atoms with E-state index in [9.17, 15) is 4.79 Å². The Kier molecular flexibility index (Phi) is 3.30. The molecule has 0 saturated heterocycles. The third kappa shape index (κ3) is 2.63. The summed E-state index contributed by atoms with van der Waals surface area (Å²) < 4.78 is 0. The second kappa shape index (κ2) is 4.48. The lowest BCUT2D eigenvalue weighted by molar-refractivity contribution is -0.135. The van der Waals surface area contributed by atoms with E-state index >= 15 is 0 Å². The largest absolute Gasteiger partial charge is 0.481 e. The second-order valence-corrected chi connectivity index (χ2v) is 3.12. The molecule has 1 aromatic carbocycles. The summed E-state index contributed by atoms with van der Waals surface area (Å²) in [6.07, 6.45) is -0.104. The summed E-state index contributed by atoms with van der Waals surface area (Å²) in [7, 11) is 0. The Hall–Kier alpha value is -1.75. The van der Waals surface area contributed by atoms with Gasteiger partial charge in [0.25, 0.3) is 0 Å². The third-order valence-corrected chi connectivity index (χ3v) is 2.07. The van der Waals surface area contributed by atoms with Crippen molar-refractivity contribution in [1.82, 2.24) is 0 Å². The van der Waals surface area contributed by atoms with E-state index < -0.39 is 5.97 Å². The minimum absolute atomic E-state index is 0.104. The molecule has 1 N–H and O–H groups in total. The van der Waals surface area contributed by atoms with Crippen LogP contribution in [0.2, 0.25) is 0 Å². The lowest BCUT2D eigenvalue weighted by atomic mass is 10.0. The molecule has 1 aromatic rings. The Morgan fingerprint density at radius 3 is 2.79 bits per heavy atom. The molecule has 1 rings (SSSR count). The molecule has 2 heteroatoms. The maximum atomic E-state index is 10.2. The minimum Gasteiger partial charge on any atom is -0.481 e. The minimum atomic E-state index is -0.886. The fraction of sp³-hybridized carbons (Fsp3) is 0.250. The highest BCUT2D eigenvalue weighted by atomic mass is 16.4. The van der Waals surface area contributed by atoms with Crippen molar-refractivity contribution in [2.45, 2.75) is 20.3 Å². The lowest BCUT2D eigenvalue weighted by Gasteiger charge is -2.00.